The molecule has 39 heavy (non-hydrogen) atoms. The predicted octanol–water partition coefficient (Wildman–Crippen LogP) is 6.75. The molecule has 7 heteroatoms. The Hall–Kier alpha value is -4.39. The molecule has 7 nitrogen and oxygen atoms in total. The van der Waals surface area contributed by atoms with E-state index in [2.05, 4.69) is 13.5 Å². The molecule has 0 saturated heterocycles. The molecule has 0 amide bonds. The number of rotatable bonds is 15. The summed E-state index contributed by atoms with van der Waals surface area (Å²) in [4.78, 5) is 35.9. The molecule has 0 heterocycles. The van der Waals surface area contributed by atoms with Crippen LogP contribution < -0.4 is 14.2 Å². The fourth-order valence-corrected chi connectivity index (χ4v) is 3.67. The molecule has 0 aromatic heterocycles. The third-order valence-corrected chi connectivity index (χ3v) is 5.78. The van der Waals surface area contributed by atoms with Crippen molar-refractivity contribution in [3.63, 3.8) is 0 Å². The highest BCUT2D eigenvalue weighted by Gasteiger charge is 2.11. The maximum Gasteiger partial charge on any atom is 0.343 e. The van der Waals surface area contributed by atoms with Gasteiger partial charge in [-0.15, -0.1) is 0 Å². The topological polar surface area (TPSA) is 88.1 Å². The van der Waals surface area contributed by atoms with Crippen LogP contribution in [0.3, 0.4) is 0 Å². The molecule has 3 aromatic rings. The van der Waals surface area contributed by atoms with E-state index < -0.39 is 17.9 Å². The molecule has 0 aliphatic heterocycles. The van der Waals surface area contributed by atoms with Gasteiger partial charge in [-0.3, -0.25) is 0 Å². The first-order valence-electron chi connectivity index (χ1n) is 13.1. The molecule has 0 fully saturated rings. The summed E-state index contributed by atoms with van der Waals surface area (Å²) < 4.78 is 21.5. The molecule has 0 radical (unpaired) electrons. The number of aryl methyl sites for hydroxylation is 1. The smallest absolute Gasteiger partial charge is 0.343 e. The Morgan fingerprint density at radius 1 is 0.667 bits per heavy atom. The Morgan fingerprint density at radius 3 is 1.67 bits per heavy atom. The maximum atomic E-state index is 12.5. The second kappa shape index (κ2) is 15.8. The van der Waals surface area contributed by atoms with Crippen molar-refractivity contribution in [2.24, 2.45) is 0 Å². The van der Waals surface area contributed by atoms with Crippen LogP contribution in [0.5, 0.6) is 17.2 Å². The van der Waals surface area contributed by atoms with Crippen LogP contribution in [0, 0.1) is 0 Å². The summed E-state index contributed by atoms with van der Waals surface area (Å²) in [5, 5.41) is 0. The van der Waals surface area contributed by atoms with Crippen LogP contribution in [-0.4, -0.2) is 31.1 Å². The van der Waals surface area contributed by atoms with Crippen LogP contribution in [0.1, 0.15) is 65.3 Å². The van der Waals surface area contributed by atoms with Gasteiger partial charge in [-0.05, 0) is 98.3 Å². The fraction of sp³-hybridized carbons (Fsp3) is 0.281. The summed E-state index contributed by atoms with van der Waals surface area (Å²) in [5.74, 6) is 0.00860. The SMILES string of the molecule is C=CC(=O)OCCCCCCOc1ccc(C(=O)Oc2ccc(OC(=O)c3ccc(CCC)cc3)cc2)cc1. The minimum Gasteiger partial charge on any atom is -0.494 e. The van der Waals surface area contributed by atoms with Crippen LogP contribution >= 0.6 is 0 Å². The highest BCUT2D eigenvalue weighted by atomic mass is 16.5. The lowest BCUT2D eigenvalue weighted by Crippen LogP contribution is -2.09. The van der Waals surface area contributed by atoms with E-state index in [9.17, 15) is 14.4 Å². The first kappa shape index (κ1) is 29.2. The number of esters is 3. The van der Waals surface area contributed by atoms with Crippen molar-refractivity contribution in [1.29, 1.82) is 0 Å². The Bertz CT molecular complexity index is 1210. The van der Waals surface area contributed by atoms with Gasteiger partial charge in [0.15, 0.2) is 0 Å². The van der Waals surface area contributed by atoms with E-state index in [1.165, 1.54) is 5.56 Å². The summed E-state index contributed by atoms with van der Waals surface area (Å²) in [6.07, 6.45) is 6.74. The molecular weight excluding hydrogens is 496 g/mol. The molecule has 0 saturated carbocycles. The van der Waals surface area contributed by atoms with Gasteiger partial charge in [0, 0.05) is 6.08 Å². The maximum absolute atomic E-state index is 12.5. The van der Waals surface area contributed by atoms with Crippen molar-refractivity contribution >= 4 is 17.9 Å². The molecular formula is C32H34O7. The van der Waals surface area contributed by atoms with E-state index in [0.717, 1.165) is 44.6 Å². The molecule has 204 valence electrons. The Morgan fingerprint density at radius 2 is 1.15 bits per heavy atom. The number of hydrogen-bond donors (Lipinski definition) is 0. The number of carbonyl (C=O) groups is 3. The van der Waals surface area contributed by atoms with Crippen molar-refractivity contribution in [1.82, 2.24) is 0 Å². The van der Waals surface area contributed by atoms with E-state index >= 15 is 0 Å². The van der Waals surface area contributed by atoms with Crippen molar-refractivity contribution in [2.75, 3.05) is 13.2 Å². The number of benzene rings is 3. The number of unbranched alkanes of at least 4 members (excludes halogenated alkanes) is 3. The molecule has 0 aliphatic carbocycles. The van der Waals surface area contributed by atoms with Crippen LogP contribution in [0.4, 0.5) is 0 Å². The normalized spacial score (nSPS) is 10.4. The lowest BCUT2D eigenvalue weighted by atomic mass is 10.1. The monoisotopic (exact) mass is 530 g/mol. The van der Waals surface area contributed by atoms with Crippen LogP contribution in [0.2, 0.25) is 0 Å². The molecule has 0 aliphatic rings. The zero-order valence-electron chi connectivity index (χ0n) is 22.2. The van der Waals surface area contributed by atoms with Gasteiger partial charge >= 0.3 is 17.9 Å². The van der Waals surface area contributed by atoms with Crippen LogP contribution in [0.25, 0.3) is 0 Å². The number of ether oxygens (including phenoxy) is 4. The number of hydrogen-bond acceptors (Lipinski definition) is 7. The van der Waals surface area contributed by atoms with E-state index in [0.29, 0.717) is 41.6 Å². The summed E-state index contributed by atoms with van der Waals surface area (Å²) in [6.45, 7) is 6.41. The van der Waals surface area contributed by atoms with Gasteiger partial charge in [-0.2, -0.15) is 0 Å². The van der Waals surface area contributed by atoms with E-state index in [1.54, 1.807) is 60.7 Å². The molecule has 0 spiro atoms. The summed E-state index contributed by atoms with van der Waals surface area (Å²) in [7, 11) is 0. The molecule has 0 bridgehead atoms. The molecule has 3 aromatic carbocycles. The summed E-state index contributed by atoms with van der Waals surface area (Å²) >= 11 is 0. The zero-order valence-corrected chi connectivity index (χ0v) is 22.2. The Kier molecular flexibility index (Phi) is 11.8. The van der Waals surface area contributed by atoms with Crippen molar-refractivity contribution in [3.8, 4) is 17.2 Å². The molecule has 0 unspecified atom stereocenters. The minimum atomic E-state index is -0.504. The second-order valence-corrected chi connectivity index (χ2v) is 8.86. The number of carbonyl (C=O) groups excluding carboxylic acids is 3. The summed E-state index contributed by atoms with van der Waals surface area (Å²) in [6, 6.07) is 20.4. The average molecular weight is 531 g/mol. The molecule has 0 atom stereocenters. The van der Waals surface area contributed by atoms with Gasteiger partial charge in [0.2, 0.25) is 0 Å². The quantitative estimate of drug-likeness (QED) is 0.0930. The van der Waals surface area contributed by atoms with Gasteiger partial charge in [0.05, 0.1) is 24.3 Å². The van der Waals surface area contributed by atoms with E-state index in [4.69, 9.17) is 18.9 Å². The molecule has 3 rings (SSSR count). The van der Waals surface area contributed by atoms with Gasteiger partial charge < -0.3 is 18.9 Å². The van der Waals surface area contributed by atoms with Crippen LogP contribution in [-0.2, 0) is 16.0 Å². The second-order valence-electron chi connectivity index (χ2n) is 8.86. The van der Waals surface area contributed by atoms with Crippen molar-refractivity contribution in [2.45, 2.75) is 45.4 Å². The van der Waals surface area contributed by atoms with Gasteiger partial charge in [-0.25, -0.2) is 14.4 Å². The Labute approximate surface area is 229 Å². The van der Waals surface area contributed by atoms with E-state index in [1.807, 2.05) is 12.1 Å². The third kappa shape index (κ3) is 10.1. The molecule has 0 N–H and O–H groups in total. The highest BCUT2D eigenvalue weighted by molar-refractivity contribution is 5.92. The van der Waals surface area contributed by atoms with Gasteiger partial charge in [-0.1, -0.05) is 32.1 Å². The summed E-state index contributed by atoms with van der Waals surface area (Å²) in [5.41, 5.74) is 2.04. The fourth-order valence-electron chi connectivity index (χ4n) is 3.67. The lowest BCUT2D eigenvalue weighted by Gasteiger charge is -2.09. The van der Waals surface area contributed by atoms with Crippen LogP contribution in [0.15, 0.2) is 85.5 Å². The third-order valence-electron chi connectivity index (χ3n) is 5.78. The first-order chi connectivity index (χ1) is 19.0. The predicted molar refractivity (Wildman–Crippen MR) is 148 cm³/mol. The standard InChI is InChI=1S/C32H34O7/c1-3-9-24-10-12-25(13-11-24)31(34)38-28-18-20-29(21-19-28)39-32(35)26-14-16-27(17-15-26)36-22-7-5-6-8-23-37-30(33)4-2/h4,10-21H,2-3,5-9,22-23H2,1H3. The lowest BCUT2D eigenvalue weighted by molar-refractivity contribution is -0.137. The largest absolute Gasteiger partial charge is 0.494 e. The highest BCUT2D eigenvalue weighted by Crippen LogP contribution is 2.21. The Balaban J connectivity index is 1.38. The van der Waals surface area contributed by atoms with Gasteiger partial charge in [0.25, 0.3) is 0 Å². The average Bonchev–Trinajstić information content (AvgIpc) is 2.96. The minimum absolute atomic E-state index is 0.336. The van der Waals surface area contributed by atoms with Crippen molar-refractivity contribution in [3.05, 3.63) is 102 Å². The first-order valence-corrected chi connectivity index (χ1v) is 13.1. The zero-order chi connectivity index (χ0) is 27.9. The van der Waals surface area contributed by atoms with Gasteiger partial charge in [0.1, 0.15) is 17.2 Å². The van der Waals surface area contributed by atoms with Crippen molar-refractivity contribution < 1.29 is 33.3 Å². The van der Waals surface area contributed by atoms with E-state index in [-0.39, 0.29) is 0 Å².